The van der Waals surface area contributed by atoms with Gasteiger partial charge in [0.25, 0.3) is 0 Å². The number of hydrogen-bond acceptors (Lipinski definition) is 6. The molecule has 0 fully saturated rings. The van der Waals surface area contributed by atoms with Crippen LogP contribution in [0.1, 0.15) is 36.7 Å². The number of fused-ring (bicyclic) bond motifs is 2. The van der Waals surface area contributed by atoms with Gasteiger partial charge in [-0.15, -0.1) is 11.3 Å². The molecule has 0 unspecified atom stereocenters. The number of rotatable bonds is 4. The van der Waals surface area contributed by atoms with Gasteiger partial charge in [-0.05, 0) is 39.2 Å². The van der Waals surface area contributed by atoms with Crippen LogP contribution in [0.4, 0.5) is 0 Å². The summed E-state index contributed by atoms with van der Waals surface area (Å²) in [5, 5.41) is 11.8. The van der Waals surface area contributed by atoms with E-state index >= 15 is 0 Å². The Hall–Kier alpha value is -2.70. The zero-order valence-corrected chi connectivity index (χ0v) is 18.1. The highest BCUT2D eigenvalue weighted by molar-refractivity contribution is 7.21. The lowest BCUT2D eigenvalue weighted by Crippen LogP contribution is -2.14. The molecule has 4 rings (SSSR count). The number of thiazole rings is 1. The summed E-state index contributed by atoms with van der Waals surface area (Å²) in [5.74, 6) is 0.776. The quantitative estimate of drug-likeness (QED) is 0.498. The molecule has 2 heterocycles. The van der Waals surface area contributed by atoms with Crippen LogP contribution in [0.2, 0.25) is 0 Å². The Morgan fingerprint density at radius 3 is 2.62 bits per heavy atom. The van der Waals surface area contributed by atoms with E-state index in [1.807, 2.05) is 57.1 Å². The molecule has 4 aromatic rings. The van der Waals surface area contributed by atoms with E-state index in [-0.39, 0.29) is 17.1 Å². The molecule has 150 valence electrons. The molecule has 0 aliphatic rings. The van der Waals surface area contributed by atoms with E-state index in [4.69, 9.17) is 9.40 Å². The van der Waals surface area contributed by atoms with Crippen molar-refractivity contribution in [3.8, 4) is 16.3 Å². The summed E-state index contributed by atoms with van der Waals surface area (Å²) in [6.07, 6.45) is 0. The van der Waals surface area contributed by atoms with Gasteiger partial charge >= 0.3 is 0 Å². The molecule has 0 bridgehead atoms. The molecule has 29 heavy (non-hydrogen) atoms. The van der Waals surface area contributed by atoms with Crippen LogP contribution in [0.5, 0.6) is 5.75 Å². The Morgan fingerprint density at radius 2 is 1.97 bits per heavy atom. The van der Waals surface area contributed by atoms with Crippen molar-refractivity contribution in [1.29, 1.82) is 0 Å². The summed E-state index contributed by atoms with van der Waals surface area (Å²) in [5.41, 5.74) is 3.04. The van der Waals surface area contributed by atoms with Crippen LogP contribution in [-0.4, -0.2) is 29.1 Å². The van der Waals surface area contributed by atoms with Gasteiger partial charge in [-0.2, -0.15) is 0 Å². The maximum Gasteiger partial charge on any atom is 0.203 e. The highest BCUT2D eigenvalue weighted by Crippen LogP contribution is 2.37. The van der Waals surface area contributed by atoms with Crippen LogP contribution in [-0.2, 0) is 6.54 Å². The van der Waals surface area contributed by atoms with Crippen LogP contribution < -0.4 is 5.43 Å². The Labute approximate surface area is 173 Å². The summed E-state index contributed by atoms with van der Waals surface area (Å²) in [6, 6.07) is 9.62. The fourth-order valence-corrected chi connectivity index (χ4v) is 4.63. The third-order valence-electron chi connectivity index (χ3n) is 5.01. The highest BCUT2D eigenvalue weighted by Gasteiger charge is 2.24. The van der Waals surface area contributed by atoms with Crippen LogP contribution in [0.15, 0.2) is 39.5 Å². The SMILES string of the molecule is Cc1c(O)c(CN(C)C)cc2c(=O)c(-c3nc4ccccc4s3)c(C(C)C)oc12. The molecule has 0 amide bonds. The number of phenols is 1. The minimum Gasteiger partial charge on any atom is -0.507 e. The molecule has 2 aromatic heterocycles. The summed E-state index contributed by atoms with van der Waals surface area (Å²) in [6.45, 7) is 6.32. The normalized spacial score (nSPS) is 12.0. The smallest absolute Gasteiger partial charge is 0.203 e. The minimum absolute atomic E-state index is 0.00268. The van der Waals surface area contributed by atoms with Crippen molar-refractivity contribution in [3.63, 3.8) is 0 Å². The summed E-state index contributed by atoms with van der Waals surface area (Å²) in [7, 11) is 3.85. The predicted molar refractivity (Wildman–Crippen MR) is 119 cm³/mol. The standard InChI is InChI=1S/C23H24N2O3S/c1-12(2)21-18(23-24-16-8-6-7-9-17(16)29-23)20(27)15-10-14(11-25(4)5)19(26)13(3)22(15)28-21/h6-10,12,26H,11H2,1-5H3. The van der Waals surface area contributed by atoms with Gasteiger partial charge in [0.2, 0.25) is 5.43 Å². The van der Waals surface area contributed by atoms with E-state index in [2.05, 4.69) is 0 Å². The largest absolute Gasteiger partial charge is 0.507 e. The van der Waals surface area contributed by atoms with Crippen molar-refractivity contribution >= 4 is 32.5 Å². The Kier molecular flexibility index (Phi) is 4.92. The maximum atomic E-state index is 13.6. The number of benzene rings is 2. The van der Waals surface area contributed by atoms with Gasteiger partial charge in [0.1, 0.15) is 22.1 Å². The van der Waals surface area contributed by atoms with Gasteiger partial charge in [-0.25, -0.2) is 4.98 Å². The minimum atomic E-state index is -0.0999. The van der Waals surface area contributed by atoms with Crippen LogP contribution >= 0.6 is 11.3 Å². The molecule has 0 aliphatic carbocycles. The first-order valence-electron chi connectivity index (χ1n) is 9.60. The lowest BCUT2D eigenvalue weighted by molar-refractivity contribution is 0.384. The first-order chi connectivity index (χ1) is 13.8. The van der Waals surface area contributed by atoms with Gasteiger partial charge < -0.3 is 14.4 Å². The fraction of sp³-hybridized carbons (Fsp3) is 0.304. The van der Waals surface area contributed by atoms with E-state index in [1.165, 1.54) is 11.3 Å². The van der Waals surface area contributed by atoms with E-state index in [1.54, 1.807) is 13.0 Å². The maximum absolute atomic E-state index is 13.6. The molecule has 0 atom stereocenters. The van der Waals surface area contributed by atoms with Crippen molar-refractivity contribution < 1.29 is 9.52 Å². The van der Waals surface area contributed by atoms with Gasteiger partial charge in [0.05, 0.1) is 21.2 Å². The van der Waals surface area contributed by atoms with Gasteiger partial charge in [-0.3, -0.25) is 4.79 Å². The van der Waals surface area contributed by atoms with Crippen molar-refractivity contribution in [1.82, 2.24) is 9.88 Å². The molecule has 0 saturated heterocycles. The number of aromatic nitrogens is 1. The van der Waals surface area contributed by atoms with Crippen molar-refractivity contribution in [3.05, 3.63) is 57.4 Å². The number of hydrogen-bond donors (Lipinski definition) is 1. The monoisotopic (exact) mass is 408 g/mol. The van der Waals surface area contributed by atoms with Gasteiger partial charge in [0, 0.05) is 23.6 Å². The van der Waals surface area contributed by atoms with Crippen LogP contribution in [0.25, 0.3) is 31.8 Å². The lowest BCUT2D eigenvalue weighted by Gasteiger charge is -2.16. The summed E-state index contributed by atoms with van der Waals surface area (Å²) < 4.78 is 7.28. The van der Waals surface area contributed by atoms with Crippen molar-refractivity contribution in [2.75, 3.05) is 14.1 Å². The Balaban J connectivity index is 2.07. The lowest BCUT2D eigenvalue weighted by atomic mass is 9.99. The second-order valence-corrected chi connectivity index (χ2v) is 8.97. The third kappa shape index (κ3) is 3.32. The van der Waals surface area contributed by atoms with Crippen molar-refractivity contribution in [2.24, 2.45) is 0 Å². The molecule has 5 nitrogen and oxygen atoms in total. The first-order valence-corrected chi connectivity index (χ1v) is 10.4. The fourth-order valence-electron chi connectivity index (χ4n) is 3.62. The Morgan fingerprint density at radius 1 is 1.24 bits per heavy atom. The summed E-state index contributed by atoms with van der Waals surface area (Å²) >= 11 is 1.50. The van der Waals surface area contributed by atoms with E-state index in [0.717, 1.165) is 10.2 Å². The van der Waals surface area contributed by atoms with E-state index < -0.39 is 0 Å². The molecule has 2 aromatic carbocycles. The topological polar surface area (TPSA) is 66.6 Å². The molecule has 0 spiro atoms. The number of para-hydroxylation sites is 1. The van der Waals surface area contributed by atoms with E-state index in [9.17, 15) is 9.90 Å². The van der Waals surface area contributed by atoms with Crippen LogP contribution in [0, 0.1) is 6.92 Å². The number of aryl methyl sites for hydroxylation is 1. The summed E-state index contributed by atoms with van der Waals surface area (Å²) in [4.78, 5) is 20.3. The van der Waals surface area contributed by atoms with Gasteiger partial charge in [-0.1, -0.05) is 26.0 Å². The zero-order valence-electron chi connectivity index (χ0n) is 17.2. The molecule has 0 saturated carbocycles. The molecular formula is C23H24N2O3S. The molecule has 1 N–H and O–H groups in total. The number of phenolic OH excluding ortho intramolecular Hbond substituents is 1. The highest BCUT2D eigenvalue weighted by atomic mass is 32.1. The van der Waals surface area contributed by atoms with E-state index in [0.29, 0.717) is 45.0 Å². The molecular weight excluding hydrogens is 384 g/mol. The first kappa shape index (κ1) is 19.6. The average Bonchev–Trinajstić information content (AvgIpc) is 3.09. The second-order valence-electron chi connectivity index (χ2n) is 7.94. The second kappa shape index (κ2) is 7.28. The average molecular weight is 409 g/mol. The van der Waals surface area contributed by atoms with Crippen molar-refractivity contribution in [2.45, 2.75) is 33.2 Å². The predicted octanol–water partition coefficient (Wildman–Crippen LogP) is 5.27. The third-order valence-corrected chi connectivity index (χ3v) is 6.07. The Bertz CT molecular complexity index is 1250. The zero-order chi connectivity index (χ0) is 20.9. The van der Waals surface area contributed by atoms with Gasteiger partial charge in [0.15, 0.2) is 0 Å². The van der Waals surface area contributed by atoms with Crippen LogP contribution in [0.3, 0.4) is 0 Å². The number of nitrogens with zero attached hydrogens (tertiary/aromatic N) is 2. The molecule has 0 radical (unpaired) electrons. The molecule has 0 aliphatic heterocycles. The number of aromatic hydroxyl groups is 1. The molecule has 6 heteroatoms.